The minimum absolute atomic E-state index is 0.0122. The van der Waals surface area contributed by atoms with Gasteiger partial charge in [0.15, 0.2) is 0 Å². The summed E-state index contributed by atoms with van der Waals surface area (Å²) in [7, 11) is 3.84. The van der Waals surface area contributed by atoms with E-state index in [4.69, 9.17) is 0 Å². The Morgan fingerprint density at radius 2 is 2.05 bits per heavy atom. The third kappa shape index (κ3) is 6.96. The molecule has 0 spiro atoms. The van der Waals surface area contributed by atoms with E-state index in [1.165, 1.54) is 12.1 Å². The summed E-state index contributed by atoms with van der Waals surface area (Å²) in [5, 5.41) is 2.93. The van der Waals surface area contributed by atoms with Crippen LogP contribution < -0.4 is 5.32 Å². The third-order valence-electron chi connectivity index (χ3n) is 2.99. The molecule has 0 saturated heterocycles. The van der Waals surface area contributed by atoms with Gasteiger partial charge in [-0.1, -0.05) is 32.9 Å². The van der Waals surface area contributed by atoms with Gasteiger partial charge in [-0.3, -0.25) is 4.79 Å². The van der Waals surface area contributed by atoms with E-state index in [9.17, 15) is 9.18 Å². The molecule has 1 aromatic rings. The Bertz CT molecular complexity index is 472. The fourth-order valence-corrected chi connectivity index (χ4v) is 2.52. The lowest BCUT2D eigenvalue weighted by Crippen LogP contribution is -2.36. The van der Waals surface area contributed by atoms with Gasteiger partial charge in [0.25, 0.3) is 0 Å². The molecule has 0 saturated carbocycles. The Kier molecular flexibility index (Phi) is 6.68. The highest BCUT2D eigenvalue weighted by Gasteiger charge is 2.17. The monoisotopic (exact) mass is 312 g/mol. The smallest absolute Gasteiger partial charge is 0.230 e. The van der Waals surface area contributed by atoms with Gasteiger partial charge in [0.05, 0.1) is 11.8 Å². The molecule has 0 aliphatic carbocycles. The highest BCUT2D eigenvalue weighted by molar-refractivity contribution is 8.01. The maximum Gasteiger partial charge on any atom is 0.230 e. The molecule has 1 unspecified atom stereocenters. The van der Waals surface area contributed by atoms with Crippen molar-refractivity contribution in [1.29, 1.82) is 0 Å². The van der Waals surface area contributed by atoms with Crippen molar-refractivity contribution < 1.29 is 9.18 Å². The number of carbonyl (C=O) groups is 1. The molecule has 1 N–H and O–H groups in total. The molecule has 5 heteroatoms. The number of hydrogen-bond donors (Lipinski definition) is 1. The lowest BCUT2D eigenvalue weighted by molar-refractivity contribution is -0.118. The first-order valence-corrected chi connectivity index (χ1v) is 8.00. The second-order valence-corrected chi connectivity index (χ2v) is 8.04. The fourth-order valence-electron chi connectivity index (χ4n) is 1.86. The van der Waals surface area contributed by atoms with Gasteiger partial charge in [-0.25, -0.2) is 4.39 Å². The molecule has 0 aliphatic rings. The third-order valence-corrected chi connectivity index (χ3v) is 4.26. The van der Waals surface area contributed by atoms with Gasteiger partial charge < -0.3 is 10.2 Å². The summed E-state index contributed by atoms with van der Waals surface area (Å²) in [4.78, 5) is 13.9. The standard InChI is InChI=1S/C16H25FN2OS/c1-16(2,3)21-11-15(20)18-10-14(19(4)5)12-7-6-8-13(17)9-12/h6-9,14H,10-11H2,1-5H3,(H,18,20). The van der Waals surface area contributed by atoms with Crippen LogP contribution in [0.5, 0.6) is 0 Å². The summed E-state index contributed by atoms with van der Waals surface area (Å²) in [6.07, 6.45) is 0. The number of nitrogens with one attached hydrogen (secondary N) is 1. The molecular weight excluding hydrogens is 287 g/mol. The van der Waals surface area contributed by atoms with Crippen molar-refractivity contribution in [1.82, 2.24) is 10.2 Å². The van der Waals surface area contributed by atoms with Crippen LogP contribution in [0.4, 0.5) is 4.39 Å². The van der Waals surface area contributed by atoms with Gasteiger partial charge in [-0.15, -0.1) is 11.8 Å². The highest BCUT2D eigenvalue weighted by Crippen LogP contribution is 2.23. The second-order valence-electron chi connectivity index (χ2n) is 6.24. The first-order valence-electron chi connectivity index (χ1n) is 7.01. The highest BCUT2D eigenvalue weighted by atomic mass is 32.2. The molecular formula is C16H25FN2OS. The quantitative estimate of drug-likeness (QED) is 0.876. The SMILES string of the molecule is CN(C)C(CNC(=O)CSC(C)(C)C)c1cccc(F)c1. The number of rotatable bonds is 6. The minimum atomic E-state index is -0.256. The molecule has 0 fully saturated rings. The topological polar surface area (TPSA) is 32.3 Å². The molecule has 118 valence electrons. The van der Waals surface area contributed by atoms with Gasteiger partial charge in [0.1, 0.15) is 5.82 Å². The normalized spacial score (nSPS) is 13.3. The number of amides is 1. The molecule has 1 aromatic carbocycles. The first-order chi connectivity index (χ1) is 9.69. The van der Waals surface area contributed by atoms with Crippen LogP contribution in [-0.4, -0.2) is 41.9 Å². The summed E-state index contributed by atoms with van der Waals surface area (Å²) in [6, 6.07) is 6.47. The number of carbonyl (C=O) groups excluding carboxylic acids is 1. The Morgan fingerprint density at radius 3 is 2.57 bits per heavy atom. The van der Waals surface area contributed by atoms with E-state index < -0.39 is 0 Å². The van der Waals surface area contributed by atoms with Crippen molar-refractivity contribution in [3.63, 3.8) is 0 Å². The van der Waals surface area contributed by atoms with E-state index in [0.29, 0.717) is 12.3 Å². The Morgan fingerprint density at radius 1 is 1.38 bits per heavy atom. The lowest BCUT2D eigenvalue weighted by Gasteiger charge is -2.25. The largest absolute Gasteiger partial charge is 0.353 e. The first kappa shape index (κ1) is 18.0. The van der Waals surface area contributed by atoms with Crippen LogP contribution in [0.25, 0.3) is 0 Å². The number of benzene rings is 1. The summed E-state index contributed by atoms with van der Waals surface area (Å²) < 4.78 is 13.4. The van der Waals surface area contributed by atoms with Crippen molar-refractivity contribution in [2.24, 2.45) is 0 Å². The summed E-state index contributed by atoms with van der Waals surface area (Å²) in [6.45, 7) is 6.72. The molecule has 0 aliphatic heterocycles. The van der Waals surface area contributed by atoms with Crippen LogP contribution in [0.2, 0.25) is 0 Å². The van der Waals surface area contributed by atoms with Gasteiger partial charge in [0.2, 0.25) is 5.91 Å². The number of nitrogens with zero attached hydrogens (tertiary/aromatic N) is 1. The molecule has 1 atom stereocenters. The number of thioether (sulfide) groups is 1. The van der Waals surface area contributed by atoms with Crippen LogP contribution >= 0.6 is 11.8 Å². The van der Waals surface area contributed by atoms with Crippen molar-refractivity contribution in [2.45, 2.75) is 31.6 Å². The Balaban J connectivity index is 2.58. The Hall–Kier alpha value is -1.07. The van der Waals surface area contributed by atoms with Crippen LogP contribution in [0.15, 0.2) is 24.3 Å². The van der Waals surface area contributed by atoms with Crippen molar-refractivity contribution >= 4 is 17.7 Å². The van der Waals surface area contributed by atoms with E-state index in [0.717, 1.165) is 5.56 Å². The molecule has 0 radical (unpaired) electrons. The molecule has 1 amide bonds. The van der Waals surface area contributed by atoms with E-state index in [1.807, 2.05) is 25.1 Å². The van der Waals surface area contributed by atoms with Crippen molar-refractivity contribution in [2.75, 3.05) is 26.4 Å². The molecule has 0 heterocycles. The molecule has 0 bridgehead atoms. The minimum Gasteiger partial charge on any atom is -0.353 e. The number of likely N-dealkylation sites (N-methyl/N-ethyl adjacent to an activating group) is 1. The maximum atomic E-state index is 13.3. The molecule has 0 aromatic heterocycles. The van der Waals surface area contributed by atoms with Crippen LogP contribution in [0, 0.1) is 5.82 Å². The number of hydrogen-bond acceptors (Lipinski definition) is 3. The van der Waals surface area contributed by atoms with Gasteiger partial charge in [0, 0.05) is 11.3 Å². The molecule has 1 rings (SSSR count). The maximum absolute atomic E-state index is 13.3. The lowest BCUT2D eigenvalue weighted by atomic mass is 10.1. The van der Waals surface area contributed by atoms with Crippen molar-refractivity contribution in [3.8, 4) is 0 Å². The average molecular weight is 312 g/mol. The average Bonchev–Trinajstić information content (AvgIpc) is 2.35. The molecule has 3 nitrogen and oxygen atoms in total. The Labute approximate surface area is 131 Å². The van der Waals surface area contributed by atoms with Crippen LogP contribution in [-0.2, 0) is 4.79 Å². The van der Waals surface area contributed by atoms with Gasteiger partial charge in [-0.05, 0) is 31.8 Å². The van der Waals surface area contributed by atoms with E-state index in [2.05, 4.69) is 26.1 Å². The summed E-state index contributed by atoms with van der Waals surface area (Å²) >= 11 is 1.61. The van der Waals surface area contributed by atoms with Gasteiger partial charge >= 0.3 is 0 Å². The number of halogens is 1. The zero-order valence-corrected chi connectivity index (χ0v) is 14.3. The molecule has 21 heavy (non-hydrogen) atoms. The van der Waals surface area contributed by atoms with E-state index >= 15 is 0 Å². The summed E-state index contributed by atoms with van der Waals surface area (Å²) in [5.74, 6) is 0.194. The van der Waals surface area contributed by atoms with E-state index in [-0.39, 0.29) is 22.5 Å². The predicted molar refractivity (Wildman–Crippen MR) is 88.0 cm³/mol. The zero-order chi connectivity index (χ0) is 16.0. The van der Waals surface area contributed by atoms with Crippen LogP contribution in [0.1, 0.15) is 32.4 Å². The van der Waals surface area contributed by atoms with E-state index in [1.54, 1.807) is 17.8 Å². The predicted octanol–water partition coefficient (Wildman–Crippen LogP) is 3.08. The summed E-state index contributed by atoms with van der Waals surface area (Å²) in [5.41, 5.74) is 0.865. The zero-order valence-electron chi connectivity index (χ0n) is 13.4. The van der Waals surface area contributed by atoms with Gasteiger partial charge in [-0.2, -0.15) is 0 Å². The second kappa shape index (κ2) is 7.80. The fraction of sp³-hybridized carbons (Fsp3) is 0.562. The van der Waals surface area contributed by atoms with Crippen LogP contribution in [0.3, 0.4) is 0 Å². The van der Waals surface area contributed by atoms with Crippen molar-refractivity contribution in [3.05, 3.63) is 35.6 Å².